The van der Waals surface area contributed by atoms with Crippen LogP contribution in [0.15, 0.2) is 57.6 Å². The van der Waals surface area contributed by atoms with Gasteiger partial charge in [-0.3, -0.25) is 0 Å². The number of carbonyl (C=O) groups excluding carboxylic acids is 1. The Morgan fingerprint density at radius 1 is 1.21 bits per heavy atom. The maximum atomic E-state index is 11.7. The molecule has 0 radical (unpaired) electrons. The lowest BCUT2D eigenvalue weighted by atomic mass is 10.2. The normalized spacial score (nSPS) is 10.9. The van der Waals surface area contributed by atoms with Gasteiger partial charge in [0.1, 0.15) is 5.75 Å². The summed E-state index contributed by atoms with van der Waals surface area (Å²) < 4.78 is 20.6. The quantitative estimate of drug-likeness (QED) is 0.508. The van der Waals surface area contributed by atoms with Gasteiger partial charge in [0, 0.05) is 6.08 Å². The van der Waals surface area contributed by atoms with Crippen LogP contribution in [-0.2, 0) is 16.1 Å². The highest BCUT2D eigenvalue weighted by Crippen LogP contribution is 2.18. The number of esters is 1. The van der Waals surface area contributed by atoms with Gasteiger partial charge in [-0.15, -0.1) is 10.2 Å². The molecule has 0 amide bonds. The highest BCUT2D eigenvalue weighted by Gasteiger charge is 2.11. The van der Waals surface area contributed by atoms with Crippen LogP contribution in [0.25, 0.3) is 17.7 Å². The molecule has 0 saturated heterocycles. The summed E-state index contributed by atoms with van der Waals surface area (Å²) in [5, 5.41) is 7.60. The topological polar surface area (TPSA) is 87.6 Å². The maximum absolute atomic E-state index is 11.7. The average molecular weight is 326 g/mol. The van der Waals surface area contributed by atoms with Crippen molar-refractivity contribution in [3.63, 3.8) is 0 Å². The lowest BCUT2D eigenvalue weighted by Gasteiger charge is -1.99. The fourth-order valence-corrected chi connectivity index (χ4v) is 1.87. The zero-order valence-electron chi connectivity index (χ0n) is 12.8. The van der Waals surface area contributed by atoms with Gasteiger partial charge in [-0.1, -0.05) is 12.1 Å². The molecule has 0 bridgehead atoms. The van der Waals surface area contributed by atoms with E-state index in [1.165, 1.54) is 12.3 Å². The molecule has 0 fully saturated rings. The van der Waals surface area contributed by atoms with Crippen LogP contribution >= 0.6 is 0 Å². The van der Waals surface area contributed by atoms with Crippen LogP contribution in [0.1, 0.15) is 11.5 Å². The first-order valence-electron chi connectivity index (χ1n) is 7.10. The molecule has 1 aromatic carbocycles. The summed E-state index contributed by atoms with van der Waals surface area (Å²) in [7, 11) is 1.59. The fourth-order valence-electron chi connectivity index (χ4n) is 1.87. The van der Waals surface area contributed by atoms with Crippen molar-refractivity contribution in [1.82, 2.24) is 10.2 Å². The molecule has 7 heteroatoms. The zero-order valence-corrected chi connectivity index (χ0v) is 12.8. The average Bonchev–Trinajstić information content (AvgIpc) is 3.29. The largest absolute Gasteiger partial charge is 0.497 e. The predicted octanol–water partition coefficient (Wildman–Crippen LogP) is 3.09. The molecule has 3 aromatic rings. The molecular formula is C17H14N2O5. The Bertz CT molecular complexity index is 819. The van der Waals surface area contributed by atoms with Crippen LogP contribution in [0, 0.1) is 0 Å². The van der Waals surface area contributed by atoms with E-state index in [1.54, 1.807) is 37.5 Å². The SMILES string of the molecule is COc1ccc(/C=C/C(=O)OCc2nnc(-c3ccco3)o2)cc1. The second-order valence-corrected chi connectivity index (χ2v) is 4.69. The molecule has 0 aliphatic carbocycles. The van der Waals surface area contributed by atoms with Crippen molar-refractivity contribution in [2.24, 2.45) is 0 Å². The minimum Gasteiger partial charge on any atom is -0.497 e. The molecule has 0 atom stereocenters. The van der Waals surface area contributed by atoms with E-state index in [9.17, 15) is 4.79 Å². The van der Waals surface area contributed by atoms with Gasteiger partial charge in [0.15, 0.2) is 12.4 Å². The van der Waals surface area contributed by atoms with Crippen LogP contribution < -0.4 is 4.74 Å². The van der Waals surface area contributed by atoms with Gasteiger partial charge >= 0.3 is 5.97 Å². The van der Waals surface area contributed by atoms with Gasteiger partial charge in [-0.2, -0.15) is 0 Å². The van der Waals surface area contributed by atoms with E-state index < -0.39 is 5.97 Å². The molecule has 2 aromatic heterocycles. The van der Waals surface area contributed by atoms with Gasteiger partial charge < -0.3 is 18.3 Å². The summed E-state index contributed by atoms with van der Waals surface area (Å²) in [6.07, 6.45) is 4.47. The number of carbonyl (C=O) groups is 1. The van der Waals surface area contributed by atoms with E-state index in [0.717, 1.165) is 11.3 Å². The third kappa shape index (κ3) is 3.89. The number of methoxy groups -OCH3 is 1. The van der Waals surface area contributed by atoms with Crippen molar-refractivity contribution in [2.45, 2.75) is 6.61 Å². The molecule has 2 heterocycles. The van der Waals surface area contributed by atoms with Crippen LogP contribution in [0.5, 0.6) is 5.75 Å². The first-order chi connectivity index (χ1) is 11.7. The maximum Gasteiger partial charge on any atom is 0.331 e. The highest BCUT2D eigenvalue weighted by atomic mass is 16.5. The van der Waals surface area contributed by atoms with E-state index in [0.29, 0.717) is 5.76 Å². The Labute approximate surface area is 137 Å². The minimum absolute atomic E-state index is 0.112. The number of ether oxygens (including phenoxy) is 2. The van der Waals surface area contributed by atoms with Crippen molar-refractivity contribution < 1.29 is 23.1 Å². The lowest BCUT2D eigenvalue weighted by molar-refractivity contribution is -0.139. The van der Waals surface area contributed by atoms with E-state index in [-0.39, 0.29) is 18.4 Å². The third-order valence-electron chi connectivity index (χ3n) is 3.06. The lowest BCUT2D eigenvalue weighted by Crippen LogP contribution is -2.00. The molecule has 0 aliphatic heterocycles. The Morgan fingerprint density at radius 2 is 2.04 bits per heavy atom. The Hall–Kier alpha value is -3.35. The van der Waals surface area contributed by atoms with Gasteiger partial charge in [0.05, 0.1) is 13.4 Å². The fraction of sp³-hybridized carbons (Fsp3) is 0.118. The number of nitrogens with zero attached hydrogens (tertiary/aromatic N) is 2. The monoisotopic (exact) mass is 326 g/mol. The van der Waals surface area contributed by atoms with E-state index in [2.05, 4.69) is 10.2 Å². The first-order valence-corrected chi connectivity index (χ1v) is 7.10. The second-order valence-electron chi connectivity index (χ2n) is 4.69. The van der Waals surface area contributed by atoms with Crippen molar-refractivity contribution in [3.05, 3.63) is 60.2 Å². The number of hydrogen-bond donors (Lipinski definition) is 0. The van der Waals surface area contributed by atoms with Crippen LogP contribution in [0.4, 0.5) is 0 Å². The van der Waals surface area contributed by atoms with Crippen molar-refractivity contribution in [3.8, 4) is 17.4 Å². The molecule has 0 aliphatic rings. The standard InChI is InChI=1S/C17H14N2O5/c1-21-13-7-4-12(5-8-13)6-9-16(20)23-11-15-18-19-17(24-15)14-3-2-10-22-14/h2-10H,11H2,1H3/b9-6+. The van der Waals surface area contributed by atoms with Gasteiger partial charge in [0.25, 0.3) is 11.8 Å². The number of rotatable bonds is 6. The summed E-state index contributed by atoms with van der Waals surface area (Å²) >= 11 is 0. The summed E-state index contributed by atoms with van der Waals surface area (Å²) in [4.78, 5) is 11.7. The van der Waals surface area contributed by atoms with E-state index in [1.807, 2.05) is 12.1 Å². The predicted molar refractivity (Wildman–Crippen MR) is 83.8 cm³/mol. The smallest absolute Gasteiger partial charge is 0.331 e. The number of aromatic nitrogens is 2. The van der Waals surface area contributed by atoms with Gasteiger partial charge in [-0.05, 0) is 35.9 Å². The molecule has 0 unspecified atom stereocenters. The van der Waals surface area contributed by atoms with E-state index >= 15 is 0 Å². The second kappa shape index (κ2) is 7.28. The molecule has 3 rings (SSSR count). The number of hydrogen-bond acceptors (Lipinski definition) is 7. The summed E-state index contributed by atoms with van der Waals surface area (Å²) in [5.41, 5.74) is 0.852. The number of furan rings is 1. The Kier molecular flexibility index (Phi) is 4.71. The van der Waals surface area contributed by atoms with E-state index in [4.69, 9.17) is 18.3 Å². The third-order valence-corrected chi connectivity index (χ3v) is 3.06. The molecular weight excluding hydrogens is 312 g/mol. The zero-order chi connectivity index (χ0) is 16.8. The Balaban J connectivity index is 1.52. The van der Waals surface area contributed by atoms with Crippen molar-refractivity contribution in [2.75, 3.05) is 7.11 Å². The summed E-state index contributed by atoms with van der Waals surface area (Å²) in [6, 6.07) is 10.7. The van der Waals surface area contributed by atoms with Crippen LogP contribution in [0.3, 0.4) is 0 Å². The molecule has 122 valence electrons. The molecule has 0 N–H and O–H groups in total. The molecule has 7 nitrogen and oxygen atoms in total. The summed E-state index contributed by atoms with van der Waals surface area (Å²) in [6.45, 7) is -0.112. The highest BCUT2D eigenvalue weighted by molar-refractivity contribution is 5.87. The van der Waals surface area contributed by atoms with Gasteiger partial charge in [-0.25, -0.2) is 4.79 Å². The molecule has 0 saturated carbocycles. The first kappa shape index (κ1) is 15.5. The molecule has 24 heavy (non-hydrogen) atoms. The van der Waals surface area contributed by atoms with Crippen LogP contribution in [0.2, 0.25) is 0 Å². The van der Waals surface area contributed by atoms with Crippen molar-refractivity contribution >= 4 is 12.0 Å². The summed E-state index contributed by atoms with van der Waals surface area (Å²) in [5.74, 6) is 1.12. The Morgan fingerprint density at radius 3 is 2.75 bits per heavy atom. The minimum atomic E-state index is -0.511. The molecule has 0 spiro atoms. The van der Waals surface area contributed by atoms with Gasteiger partial charge in [0.2, 0.25) is 0 Å². The number of benzene rings is 1. The van der Waals surface area contributed by atoms with Crippen molar-refractivity contribution in [1.29, 1.82) is 0 Å². The van der Waals surface area contributed by atoms with Crippen LogP contribution in [-0.4, -0.2) is 23.3 Å².